The van der Waals surface area contributed by atoms with Crippen molar-refractivity contribution in [3.05, 3.63) is 71.2 Å². The highest BCUT2D eigenvalue weighted by Gasteiger charge is 2.36. The van der Waals surface area contributed by atoms with Crippen molar-refractivity contribution >= 4 is 7.60 Å². The lowest BCUT2D eigenvalue weighted by atomic mass is 9.89. The second kappa shape index (κ2) is 9.61. The standard InChI is InChI=1S/C27H29FNO4P/c1-3-32-34(30,33-4-2)17-23-25(18-11-13-20(28)14-12-18)22-15-16-31-24-8-6-5-7-21(24)27(22)29-26(23)19-9-10-19/h5-8,11-14,19H,3-4,9-10,15-17H2,1-2H3. The molecule has 0 bridgehead atoms. The van der Waals surface area contributed by atoms with Crippen LogP contribution in [0.25, 0.3) is 22.4 Å². The van der Waals surface area contributed by atoms with E-state index in [9.17, 15) is 8.96 Å². The summed E-state index contributed by atoms with van der Waals surface area (Å²) in [5.41, 5.74) is 6.51. The zero-order valence-corrected chi connectivity index (χ0v) is 20.4. The fourth-order valence-electron chi connectivity index (χ4n) is 4.74. The van der Waals surface area contributed by atoms with E-state index >= 15 is 0 Å². The van der Waals surface area contributed by atoms with Crippen molar-refractivity contribution < 1.29 is 22.7 Å². The Bertz CT molecular complexity index is 1230. The van der Waals surface area contributed by atoms with Crippen molar-refractivity contribution in [2.24, 2.45) is 0 Å². The predicted octanol–water partition coefficient (Wildman–Crippen LogP) is 7.13. The smallest absolute Gasteiger partial charge is 0.335 e. The maximum absolute atomic E-state index is 13.9. The molecular weight excluding hydrogens is 452 g/mol. The molecule has 3 aromatic rings. The monoisotopic (exact) mass is 481 g/mol. The van der Waals surface area contributed by atoms with Gasteiger partial charge in [0.2, 0.25) is 0 Å². The number of nitrogens with zero attached hydrogens (tertiary/aromatic N) is 1. The Morgan fingerprint density at radius 1 is 1.06 bits per heavy atom. The Morgan fingerprint density at radius 3 is 2.44 bits per heavy atom. The molecule has 2 heterocycles. The van der Waals surface area contributed by atoms with Gasteiger partial charge in [-0.15, -0.1) is 0 Å². The SMILES string of the molecule is CCOP(=O)(Cc1c(C2CC2)nc2c(c1-c1ccc(F)cc1)CCOc1ccccc1-2)OCC. The van der Waals surface area contributed by atoms with Gasteiger partial charge >= 0.3 is 7.60 Å². The summed E-state index contributed by atoms with van der Waals surface area (Å²) in [5.74, 6) is 0.811. The van der Waals surface area contributed by atoms with Gasteiger partial charge in [0.15, 0.2) is 0 Å². The topological polar surface area (TPSA) is 57.7 Å². The van der Waals surface area contributed by atoms with Crippen molar-refractivity contribution in [2.75, 3.05) is 19.8 Å². The number of ether oxygens (including phenoxy) is 1. The van der Waals surface area contributed by atoms with Gasteiger partial charge in [0.05, 0.1) is 31.7 Å². The molecular formula is C27H29FNO4P. The van der Waals surface area contributed by atoms with Crippen molar-refractivity contribution in [3.63, 3.8) is 0 Å². The lowest BCUT2D eigenvalue weighted by Gasteiger charge is -2.24. The first-order valence-corrected chi connectivity index (χ1v) is 13.7. The largest absolute Gasteiger partial charge is 0.493 e. The number of hydrogen-bond acceptors (Lipinski definition) is 5. The summed E-state index contributed by atoms with van der Waals surface area (Å²) in [7, 11) is -3.40. The van der Waals surface area contributed by atoms with Gasteiger partial charge in [-0.3, -0.25) is 9.55 Å². The van der Waals surface area contributed by atoms with Crippen molar-refractivity contribution in [1.29, 1.82) is 0 Å². The molecule has 0 radical (unpaired) electrons. The Kier molecular flexibility index (Phi) is 6.57. The molecule has 0 N–H and O–H groups in total. The number of rotatable bonds is 8. The van der Waals surface area contributed by atoms with Gasteiger partial charge in [-0.2, -0.15) is 0 Å². The van der Waals surface area contributed by atoms with Gasteiger partial charge in [-0.1, -0.05) is 24.3 Å². The summed E-state index contributed by atoms with van der Waals surface area (Å²) in [4.78, 5) is 5.20. The average Bonchev–Trinajstić information content (AvgIpc) is 3.67. The normalized spacial score (nSPS) is 15.3. The van der Waals surface area contributed by atoms with Crippen LogP contribution in [0, 0.1) is 5.82 Å². The third-order valence-corrected chi connectivity index (χ3v) is 8.29. The van der Waals surface area contributed by atoms with E-state index in [1.54, 1.807) is 12.1 Å². The molecule has 1 aromatic heterocycles. The third kappa shape index (κ3) is 4.55. The van der Waals surface area contributed by atoms with Crippen LogP contribution in [-0.4, -0.2) is 24.8 Å². The molecule has 5 rings (SSSR count). The van der Waals surface area contributed by atoms with Gasteiger partial charge in [-0.05, 0) is 73.2 Å². The fraction of sp³-hybridized carbons (Fsp3) is 0.370. The van der Waals surface area contributed by atoms with Crippen molar-refractivity contribution in [3.8, 4) is 28.1 Å². The molecule has 5 nitrogen and oxygen atoms in total. The van der Waals surface area contributed by atoms with E-state index < -0.39 is 7.60 Å². The van der Waals surface area contributed by atoms with Gasteiger partial charge < -0.3 is 13.8 Å². The first-order chi connectivity index (χ1) is 16.5. The van der Waals surface area contributed by atoms with Crippen LogP contribution < -0.4 is 4.74 Å². The van der Waals surface area contributed by atoms with E-state index in [4.69, 9.17) is 18.8 Å². The van der Waals surface area contributed by atoms with Crippen LogP contribution >= 0.6 is 7.60 Å². The Hall–Kier alpha value is -2.53. The lowest BCUT2D eigenvalue weighted by molar-refractivity contribution is 0.219. The summed E-state index contributed by atoms with van der Waals surface area (Å²) >= 11 is 0. The highest BCUT2D eigenvalue weighted by molar-refractivity contribution is 7.53. The minimum atomic E-state index is -3.40. The van der Waals surface area contributed by atoms with Crippen molar-refractivity contribution in [1.82, 2.24) is 4.98 Å². The van der Waals surface area contributed by atoms with E-state index in [0.717, 1.165) is 57.8 Å². The molecule has 1 saturated carbocycles. The zero-order valence-electron chi connectivity index (χ0n) is 19.6. The number of hydrogen-bond donors (Lipinski definition) is 0. The first kappa shape index (κ1) is 23.2. The molecule has 7 heteroatoms. The van der Waals surface area contributed by atoms with Crippen LogP contribution in [0.2, 0.25) is 0 Å². The van der Waals surface area contributed by atoms with Crippen LogP contribution in [0.15, 0.2) is 48.5 Å². The minimum absolute atomic E-state index is 0.135. The van der Waals surface area contributed by atoms with E-state index in [-0.39, 0.29) is 12.0 Å². The van der Waals surface area contributed by atoms with E-state index in [2.05, 4.69) is 0 Å². The summed E-state index contributed by atoms with van der Waals surface area (Å²) in [6.45, 7) is 4.72. The molecule has 0 unspecified atom stereocenters. The molecule has 2 aromatic carbocycles. The number of para-hydroxylation sites is 1. The van der Waals surface area contributed by atoms with Gasteiger partial charge in [0.25, 0.3) is 0 Å². The quantitative estimate of drug-likeness (QED) is 0.320. The highest BCUT2D eigenvalue weighted by atomic mass is 31.2. The molecule has 1 fully saturated rings. The molecule has 34 heavy (non-hydrogen) atoms. The minimum Gasteiger partial charge on any atom is -0.493 e. The van der Waals surface area contributed by atoms with Gasteiger partial charge in [0, 0.05) is 23.6 Å². The van der Waals surface area contributed by atoms with Crippen LogP contribution in [0.1, 0.15) is 49.4 Å². The maximum atomic E-state index is 13.9. The maximum Gasteiger partial charge on any atom is 0.335 e. The third-order valence-electron chi connectivity index (χ3n) is 6.28. The molecule has 1 aliphatic carbocycles. The second-order valence-electron chi connectivity index (χ2n) is 8.66. The van der Waals surface area contributed by atoms with Crippen LogP contribution in [0.3, 0.4) is 0 Å². The Balaban J connectivity index is 1.79. The number of fused-ring (bicyclic) bond motifs is 3. The summed E-state index contributed by atoms with van der Waals surface area (Å²) < 4.78 is 45.0. The Labute approximate surface area is 199 Å². The molecule has 0 saturated heterocycles. The summed E-state index contributed by atoms with van der Waals surface area (Å²) in [5, 5.41) is 0. The summed E-state index contributed by atoms with van der Waals surface area (Å²) in [6.07, 6.45) is 2.84. The molecule has 178 valence electrons. The van der Waals surface area contributed by atoms with Crippen LogP contribution in [0.4, 0.5) is 4.39 Å². The Morgan fingerprint density at radius 2 is 1.76 bits per heavy atom. The van der Waals surface area contributed by atoms with Gasteiger partial charge in [-0.25, -0.2) is 4.39 Å². The lowest BCUT2D eigenvalue weighted by Crippen LogP contribution is -2.10. The number of benzene rings is 2. The molecule has 0 atom stereocenters. The number of halogens is 1. The van der Waals surface area contributed by atoms with E-state index in [1.165, 1.54) is 12.1 Å². The highest BCUT2D eigenvalue weighted by Crippen LogP contribution is 2.56. The van der Waals surface area contributed by atoms with Crippen LogP contribution in [-0.2, 0) is 26.2 Å². The number of aromatic nitrogens is 1. The number of pyridine rings is 1. The molecule has 0 spiro atoms. The molecule has 2 aliphatic rings. The fourth-order valence-corrected chi connectivity index (χ4v) is 6.49. The van der Waals surface area contributed by atoms with E-state index in [0.29, 0.717) is 32.2 Å². The average molecular weight is 482 g/mol. The predicted molar refractivity (Wildman–Crippen MR) is 131 cm³/mol. The molecule has 1 aliphatic heterocycles. The zero-order chi connectivity index (χ0) is 23.7. The van der Waals surface area contributed by atoms with E-state index in [1.807, 2.05) is 38.1 Å². The van der Waals surface area contributed by atoms with Crippen LogP contribution in [0.5, 0.6) is 5.75 Å². The van der Waals surface area contributed by atoms with Crippen molar-refractivity contribution in [2.45, 2.75) is 45.2 Å². The second-order valence-corrected chi connectivity index (χ2v) is 10.7. The summed E-state index contributed by atoms with van der Waals surface area (Å²) in [6, 6.07) is 14.4. The molecule has 0 amide bonds. The first-order valence-electron chi connectivity index (χ1n) is 11.9. The van der Waals surface area contributed by atoms with Gasteiger partial charge in [0.1, 0.15) is 11.6 Å².